The molecular formula is C11H13FO2. The minimum absolute atomic E-state index is 0.281. The predicted molar refractivity (Wildman–Crippen MR) is 52.1 cm³/mol. The predicted octanol–water partition coefficient (Wildman–Crippen LogP) is 2.27. The van der Waals surface area contributed by atoms with E-state index in [1.807, 2.05) is 0 Å². The lowest BCUT2D eigenvalue weighted by molar-refractivity contribution is -0.107. The van der Waals surface area contributed by atoms with Gasteiger partial charge in [0.1, 0.15) is 17.9 Å². The van der Waals surface area contributed by atoms with Crippen molar-refractivity contribution in [2.24, 2.45) is 0 Å². The van der Waals surface area contributed by atoms with Gasteiger partial charge < -0.3 is 9.53 Å². The molecule has 0 saturated heterocycles. The van der Waals surface area contributed by atoms with Crippen LogP contribution >= 0.6 is 0 Å². The number of hydrogen-bond acceptors (Lipinski definition) is 2. The first-order valence-corrected chi connectivity index (χ1v) is 4.45. The normalized spacial score (nSPS) is 9.93. The van der Waals surface area contributed by atoms with E-state index < -0.39 is 0 Å². The van der Waals surface area contributed by atoms with Crippen molar-refractivity contribution in [3.63, 3.8) is 0 Å². The van der Waals surface area contributed by atoms with E-state index in [4.69, 9.17) is 4.74 Å². The van der Waals surface area contributed by atoms with Crippen LogP contribution < -0.4 is 4.74 Å². The van der Waals surface area contributed by atoms with Crippen LogP contribution in [0.5, 0.6) is 5.75 Å². The van der Waals surface area contributed by atoms with Gasteiger partial charge in [-0.05, 0) is 30.5 Å². The SMILES string of the molecule is COc1cc(F)c(C)cc1CCC=O. The highest BCUT2D eigenvalue weighted by atomic mass is 19.1. The van der Waals surface area contributed by atoms with Crippen molar-refractivity contribution in [3.05, 3.63) is 29.1 Å². The number of benzene rings is 1. The summed E-state index contributed by atoms with van der Waals surface area (Å²) in [5, 5.41) is 0. The maximum atomic E-state index is 13.1. The van der Waals surface area contributed by atoms with Gasteiger partial charge in [0.2, 0.25) is 0 Å². The number of aryl methyl sites for hydroxylation is 2. The first-order chi connectivity index (χ1) is 6.69. The highest BCUT2D eigenvalue weighted by Crippen LogP contribution is 2.23. The molecule has 0 radical (unpaired) electrons. The van der Waals surface area contributed by atoms with Crippen LogP contribution in [0.3, 0.4) is 0 Å². The van der Waals surface area contributed by atoms with Gasteiger partial charge in [-0.15, -0.1) is 0 Å². The number of ether oxygens (including phenoxy) is 1. The lowest BCUT2D eigenvalue weighted by atomic mass is 10.1. The lowest BCUT2D eigenvalue weighted by Crippen LogP contribution is -1.96. The molecule has 0 atom stereocenters. The second-order valence-corrected chi connectivity index (χ2v) is 3.12. The second-order valence-electron chi connectivity index (χ2n) is 3.12. The zero-order valence-electron chi connectivity index (χ0n) is 8.34. The van der Waals surface area contributed by atoms with Gasteiger partial charge in [0.15, 0.2) is 0 Å². The van der Waals surface area contributed by atoms with Crippen molar-refractivity contribution in [1.82, 2.24) is 0 Å². The largest absolute Gasteiger partial charge is 0.496 e. The number of halogens is 1. The molecule has 1 rings (SSSR count). The molecule has 0 fully saturated rings. The van der Waals surface area contributed by atoms with E-state index in [1.165, 1.54) is 13.2 Å². The summed E-state index contributed by atoms with van der Waals surface area (Å²) in [6.45, 7) is 1.69. The fourth-order valence-electron chi connectivity index (χ4n) is 1.32. The monoisotopic (exact) mass is 196 g/mol. The Morgan fingerprint density at radius 3 is 2.79 bits per heavy atom. The first kappa shape index (κ1) is 10.7. The molecule has 2 nitrogen and oxygen atoms in total. The van der Waals surface area contributed by atoms with Crippen molar-refractivity contribution in [2.75, 3.05) is 7.11 Å². The number of methoxy groups -OCH3 is 1. The van der Waals surface area contributed by atoms with Crippen LogP contribution in [0.25, 0.3) is 0 Å². The molecule has 0 aliphatic rings. The Labute approximate surface area is 82.7 Å². The molecule has 0 N–H and O–H groups in total. The third kappa shape index (κ3) is 2.31. The summed E-state index contributed by atoms with van der Waals surface area (Å²) in [5.41, 5.74) is 1.45. The molecule has 1 aromatic rings. The molecule has 0 bridgehead atoms. The third-order valence-corrected chi connectivity index (χ3v) is 2.09. The zero-order valence-corrected chi connectivity index (χ0v) is 8.34. The Balaban J connectivity index is 3.00. The summed E-state index contributed by atoms with van der Waals surface area (Å²) >= 11 is 0. The van der Waals surface area contributed by atoms with E-state index >= 15 is 0 Å². The molecule has 14 heavy (non-hydrogen) atoms. The first-order valence-electron chi connectivity index (χ1n) is 4.45. The van der Waals surface area contributed by atoms with Crippen molar-refractivity contribution in [3.8, 4) is 5.75 Å². The van der Waals surface area contributed by atoms with Gasteiger partial charge in [0.05, 0.1) is 7.11 Å². The molecule has 0 spiro atoms. The maximum Gasteiger partial charge on any atom is 0.129 e. The maximum absolute atomic E-state index is 13.1. The van der Waals surface area contributed by atoms with E-state index in [9.17, 15) is 9.18 Å². The van der Waals surface area contributed by atoms with Gasteiger partial charge in [-0.25, -0.2) is 4.39 Å². The molecule has 0 heterocycles. The Morgan fingerprint density at radius 2 is 2.21 bits per heavy atom. The van der Waals surface area contributed by atoms with Gasteiger partial charge in [-0.2, -0.15) is 0 Å². The number of hydrogen-bond donors (Lipinski definition) is 0. The molecule has 1 aromatic carbocycles. The molecule has 0 unspecified atom stereocenters. The fraction of sp³-hybridized carbons (Fsp3) is 0.364. The van der Waals surface area contributed by atoms with Gasteiger partial charge in [-0.3, -0.25) is 0 Å². The van der Waals surface area contributed by atoms with E-state index in [0.29, 0.717) is 24.2 Å². The van der Waals surface area contributed by atoms with Gasteiger partial charge in [-0.1, -0.05) is 0 Å². The average Bonchev–Trinajstić information content (AvgIpc) is 2.19. The molecule has 0 amide bonds. The smallest absolute Gasteiger partial charge is 0.129 e. The molecule has 0 aromatic heterocycles. The number of carbonyl (C=O) groups excluding carboxylic acids is 1. The minimum atomic E-state index is -0.281. The van der Waals surface area contributed by atoms with Crippen LogP contribution in [-0.2, 0) is 11.2 Å². The molecular weight excluding hydrogens is 183 g/mol. The van der Waals surface area contributed by atoms with Crippen molar-refractivity contribution >= 4 is 6.29 Å². The van der Waals surface area contributed by atoms with Gasteiger partial charge in [0.25, 0.3) is 0 Å². The van der Waals surface area contributed by atoms with E-state index in [-0.39, 0.29) is 5.82 Å². The van der Waals surface area contributed by atoms with Gasteiger partial charge in [0, 0.05) is 12.5 Å². The van der Waals surface area contributed by atoms with Crippen molar-refractivity contribution in [1.29, 1.82) is 0 Å². The Bertz CT molecular complexity index is 334. The number of aldehydes is 1. The van der Waals surface area contributed by atoms with E-state index in [0.717, 1.165) is 11.8 Å². The average molecular weight is 196 g/mol. The zero-order chi connectivity index (χ0) is 10.6. The Hall–Kier alpha value is -1.38. The molecule has 0 aliphatic heterocycles. The van der Waals surface area contributed by atoms with Crippen LogP contribution in [0.1, 0.15) is 17.5 Å². The third-order valence-electron chi connectivity index (χ3n) is 2.09. The summed E-state index contributed by atoms with van der Waals surface area (Å²) in [7, 11) is 1.49. The summed E-state index contributed by atoms with van der Waals surface area (Å²) in [6, 6.07) is 3.08. The fourth-order valence-corrected chi connectivity index (χ4v) is 1.32. The number of rotatable bonds is 4. The topological polar surface area (TPSA) is 26.3 Å². The van der Waals surface area contributed by atoms with E-state index in [1.54, 1.807) is 13.0 Å². The van der Waals surface area contributed by atoms with Crippen molar-refractivity contribution < 1.29 is 13.9 Å². The summed E-state index contributed by atoms with van der Waals surface area (Å²) in [6.07, 6.45) is 1.87. The van der Waals surface area contributed by atoms with E-state index in [2.05, 4.69) is 0 Å². The Morgan fingerprint density at radius 1 is 1.50 bits per heavy atom. The van der Waals surface area contributed by atoms with Crippen LogP contribution in [0.4, 0.5) is 4.39 Å². The highest BCUT2D eigenvalue weighted by molar-refractivity contribution is 5.51. The lowest BCUT2D eigenvalue weighted by Gasteiger charge is -2.08. The van der Waals surface area contributed by atoms with Gasteiger partial charge >= 0.3 is 0 Å². The number of carbonyl (C=O) groups is 1. The Kier molecular flexibility index (Phi) is 3.63. The molecule has 3 heteroatoms. The van der Waals surface area contributed by atoms with Crippen LogP contribution in [0.2, 0.25) is 0 Å². The van der Waals surface area contributed by atoms with Crippen molar-refractivity contribution in [2.45, 2.75) is 19.8 Å². The molecule has 0 saturated carbocycles. The summed E-state index contributed by atoms with van der Waals surface area (Å²) in [5.74, 6) is 0.228. The molecule has 0 aliphatic carbocycles. The van der Waals surface area contributed by atoms with Crippen LogP contribution in [-0.4, -0.2) is 13.4 Å². The molecule has 76 valence electrons. The summed E-state index contributed by atoms with van der Waals surface area (Å²) < 4.78 is 18.1. The highest BCUT2D eigenvalue weighted by Gasteiger charge is 2.07. The second kappa shape index (κ2) is 4.74. The van der Waals surface area contributed by atoms with Crippen LogP contribution in [0, 0.1) is 12.7 Å². The van der Waals surface area contributed by atoms with Crippen LogP contribution in [0.15, 0.2) is 12.1 Å². The minimum Gasteiger partial charge on any atom is -0.496 e. The standard InChI is InChI=1S/C11H13FO2/c1-8-6-9(4-3-5-13)11(14-2)7-10(8)12/h5-7H,3-4H2,1-2H3. The summed E-state index contributed by atoms with van der Waals surface area (Å²) in [4.78, 5) is 10.2. The quantitative estimate of drug-likeness (QED) is 0.690.